The zero-order chi connectivity index (χ0) is 18.5. The van der Waals surface area contributed by atoms with Gasteiger partial charge in [0.25, 0.3) is 0 Å². The molecule has 1 N–H and O–H groups in total. The predicted octanol–water partition coefficient (Wildman–Crippen LogP) is 3.18. The van der Waals surface area contributed by atoms with E-state index in [-0.39, 0.29) is 25.0 Å². The Morgan fingerprint density at radius 1 is 1.08 bits per heavy atom. The van der Waals surface area contributed by atoms with Crippen LogP contribution in [0, 0.1) is 5.92 Å². The number of carboxylic acid groups (broad SMARTS) is 1. The summed E-state index contributed by atoms with van der Waals surface area (Å²) in [4.78, 5) is 25.6. The summed E-state index contributed by atoms with van der Waals surface area (Å²) in [6.45, 7) is 0.847. The van der Waals surface area contributed by atoms with Crippen molar-refractivity contribution in [3.05, 3.63) is 70.7 Å². The number of halogens is 1. The SMILES string of the molecule is O=C(O)[C@@H]1CN(C(=O)COCc2ccccc2)C[C@H]1c1ccc(Cl)cc1. The molecule has 0 saturated carbocycles. The second-order valence-corrected chi connectivity index (χ2v) is 6.82. The van der Waals surface area contributed by atoms with Gasteiger partial charge in [0.05, 0.1) is 12.5 Å². The highest BCUT2D eigenvalue weighted by Gasteiger charge is 2.40. The van der Waals surface area contributed by atoms with Crippen molar-refractivity contribution in [2.75, 3.05) is 19.7 Å². The summed E-state index contributed by atoms with van der Waals surface area (Å²) in [6, 6.07) is 16.7. The third kappa shape index (κ3) is 4.42. The van der Waals surface area contributed by atoms with E-state index >= 15 is 0 Å². The lowest BCUT2D eigenvalue weighted by Crippen LogP contribution is -2.32. The van der Waals surface area contributed by atoms with Crippen LogP contribution in [0.4, 0.5) is 0 Å². The first-order valence-corrected chi connectivity index (χ1v) is 8.80. The van der Waals surface area contributed by atoms with Gasteiger partial charge in [0.1, 0.15) is 6.61 Å². The Labute approximate surface area is 157 Å². The molecule has 0 aliphatic carbocycles. The highest BCUT2D eigenvalue weighted by atomic mass is 35.5. The maximum Gasteiger partial charge on any atom is 0.308 e. The lowest BCUT2D eigenvalue weighted by atomic mass is 9.89. The molecule has 136 valence electrons. The second kappa shape index (κ2) is 8.34. The van der Waals surface area contributed by atoms with Crippen molar-refractivity contribution in [1.82, 2.24) is 4.90 Å². The van der Waals surface area contributed by atoms with Crippen molar-refractivity contribution in [2.45, 2.75) is 12.5 Å². The molecule has 1 heterocycles. The van der Waals surface area contributed by atoms with Gasteiger partial charge in [-0.15, -0.1) is 0 Å². The van der Waals surface area contributed by atoms with Crippen molar-refractivity contribution in [3.8, 4) is 0 Å². The number of rotatable bonds is 6. The minimum absolute atomic E-state index is 0.0609. The topological polar surface area (TPSA) is 66.8 Å². The Morgan fingerprint density at radius 2 is 1.77 bits per heavy atom. The van der Waals surface area contributed by atoms with Crippen LogP contribution in [-0.2, 0) is 20.9 Å². The molecule has 1 amide bonds. The largest absolute Gasteiger partial charge is 0.481 e. The molecule has 0 aromatic heterocycles. The molecule has 2 atom stereocenters. The van der Waals surface area contributed by atoms with Crippen LogP contribution >= 0.6 is 11.6 Å². The van der Waals surface area contributed by atoms with E-state index in [1.165, 1.54) is 0 Å². The third-order valence-electron chi connectivity index (χ3n) is 4.63. The number of ether oxygens (including phenoxy) is 1. The number of carbonyl (C=O) groups excluding carboxylic acids is 1. The van der Waals surface area contributed by atoms with E-state index in [0.29, 0.717) is 18.2 Å². The molecule has 2 aromatic rings. The smallest absolute Gasteiger partial charge is 0.308 e. The van der Waals surface area contributed by atoms with Gasteiger partial charge in [-0.2, -0.15) is 0 Å². The summed E-state index contributed by atoms with van der Waals surface area (Å²) in [6.07, 6.45) is 0. The molecule has 0 unspecified atom stereocenters. The minimum Gasteiger partial charge on any atom is -0.481 e. The van der Waals surface area contributed by atoms with Crippen LogP contribution in [0.1, 0.15) is 17.0 Å². The second-order valence-electron chi connectivity index (χ2n) is 6.38. The summed E-state index contributed by atoms with van der Waals surface area (Å²) in [5, 5.41) is 10.1. The van der Waals surface area contributed by atoms with Crippen LogP contribution < -0.4 is 0 Å². The lowest BCUT2D eigenvalue weighted by Gasteiger charge is -2.16. The molecule has 5 nitrogen and oxygen atoms in total. The van der Waals surface area contributed by atoms with Gasteiger partial charge in [-0.25, -0.2) is 0 Å². The number of carboxylic acids is 1. The third-order valence-corrected chi connectivity index (χ3v) is 4.88. The molecule has 0 radical (unpaired) electrons. The first-order valence-electron chi connectivity index (χ1n) is 8.42. The van der Waals surface area contributed by atoms with Gasteiger partial charge in [-0.05, 0) is 23.3 Å². The molecule has 1 aliphatic rings. The normalized spacial score (nSPS) is 19.5. The monoisotopic (exact) mass is 373 g/mol. The number of aliphatic carboxylic acids is 1. The lowest BCUT2D eigenvalue weighted by molar-refractivity contribution is -0.142. The molecular formula is C20H20ClNO4. The van der Waals surface area contributed by atoms with Crippen LogP contribution in [0.15, 0.2) is 54.6 Å². The average Bonchev–Trinajstić information content (AvgIpc) is 3.09. The predicted molar refractivity (Wildman–Crippen MR) is 98.0 cm³/mol. The van der Waals surface area contributed by atoms with Crippen LogP contribution in [0.3, 0.4) is 0 Å². The summed E-state index contributed by atoms with van der Waals surface area (Å²) < 4.78 is 5.49. The summed E-state index contributed by atoms with van der Waals surface area (Å²) in [5.74, 6) is -1.97. The van der Waals surface area contributed by atoms with Crippen molar-refractivity contribution in [2.24, 2.45) is 5.92 Å². The molecular weight excluding hydrogens is 354 g/mol. The summed E-state index contributed by atoms with van der Waals surface area (Å²) in [5.41, 5.74) is 1.87. The first kappa shape index (κ1) is 18.4. The minimum atomic E-state index is -0.898. The van der Waals surface area contributed by atoms with Gasteiger partial charge in [-0.1, -0.05) is 54.1 Å². The Bertz CT molecular complexity index is 763. The number of hydrogen-bond acceptors (Lipinski definition) is 3. The fourth-order valence-corrected chi connectivity index (χ4v) is 3.35. The quantitative estimate of drug-likeness (QED) is 0.844. The zero-order valence-corrected chi connectivity index (χ0v) is 14.9. The van der Waals surface area contributed by atoms with Crippen molar-refractivity contribution in [3.63, 3.8) is 0 Å². The molecule has 1 saturated heterocycles. The number of carbonyl (C=O) groups is 2. The zero-order valence-electron chi connectivity index (χ0n) is 14.2. The average molecular weight is 374 g/mol. The van der Waals surface area contributed by atoms with E-state index < -0.39 is 11.9 Å². The number of benzene rings is 2. The fourth-order valence-electron chi connectivity index (χ4n) is 3.23. The molecule has 0 spiro atoms. The van der Waals surface area contributed by atoms with E-state index in [9.17, 15) is 14.7 Å². The van der Waals surface area contributed by atoms with Gasteiger partial charge in [0.2, 0.25) is 5.91 Å². The number of nitrogens with zero attached hydrogens (tertiary/aromatic N) is 1. The summed E-state index contributed by atoms with van der Waals surface area (Å²) >= 11 is 5.91. The molecule has 0 bridgehead atoms. The van der Waals surface area contributed by atoms with Crippen molar-refractivity contribution >= 4 is 23.5 Å². The maximum atomic E-state index is 12.4. The molecule has 2 aromatic carbocycles. The van der Waals surface area contributed by atoms with E-state index in [0.717, 1.165) is 11.1 Å². The maximum absolute atomic E-state index is 12.4. The highest BCUT2D eigenvalue weighted by Crippen LogP contribution is 2.33. The van der Waals surface area contributed by atoms with Crippen molar-refractivity contribution < 1.29 is 19.4 Å². The first-order chi connectivity index (χ1) is 12.5. The van der Waals surface area contributed by atoms with Gasteiger partial charge in [0.15, 0.2) is 0 Å². The van der Waals surface area contributed by atoms with Crippen LogP contribution in [0.2, 0.25) is 5.02 Å². The van der Waals surface area contributed by atoms with Crippen LogP contribution in [0.5, 0.6) is 0 Å². The number of likely N-dealkylation sites (tertiary alicyclic amines) is 1. The van der Waals surface area contributed by atoms with Gasteiger partial charge in [0, 0.05) is 24.0 Å². The van der Waals surface area contributed by atoms with Gasteiger partial charge < -0.3 is 14.7 Å². The summed E-state index contributed by atoms with van der Waals surface area (Å²) in [7, 11) is 0. The highest BCUT2D eigenvalue weighted by molar-refractivity contribution is 6.30. The number of amides is 1. The van der Waals surface area contributed by atoms with Crippen LogP contribution in [-0.4, -0.2) is 41.6 Å². The fraction of sp³-hybridized carbons (Fsp3) is 0.300. The van der Waals surface area contributed by atoms with E-state index in [2.05, 4.69) is 0 Å². The van der Waals surface area contributed by atoms with E-state index in [4.69, 9.17) is 16.3 Å². The van der Waals surface area contributed by atoms with Gasteiger partial charge >= 0.3 is 5.97 Å². The molecule has 3 rings (SSSR count). The number of hydrogen-bond donors (Lipinski definition) is 1. The molecule has 6 heteroatoms. The van der Waals surface area contributed by atoms with E-state index in [1.54, 1.807) is 17.0 Å². The Kier molecular flexibility index (Phi) is 5.91. The van der Waals surface area contributed by atoms with Crippen LogP contribution in [0.25, 0.3) is 0 Å². The Balaban J connectivity index is 1.60. The molecule has 26 heavy (non-hydrogen) atoms. The molecule has 1 fully saturated rings. The Morgan fingerprint density at radius 3 is 2.42 bits per heavy atom. The van der Waals surface area contributed by atoms with Gasteiger partial charge in [-0.3, -0.25) is 9.59 Å². The van der Waals surface area contributed by atoms with Crippen molar-refractivity contribution in [1.29, 1.82) is 0 Å². The van der Waals surface area contributed by atoms with E-state index in [1.807, 2.05) is 42.5 Å². The Hall–Kier alpha value is -2.37. The standard InChI is InChI=1S/C20H20ClNO4/c21-16-8-6-15(7-9-16)17-10-22(11-18(17)20(24)25)19(23)13-26-12-14-4-2-1-3-5-14/h1-9,17-18H,10-13H2,(H,24,25)/t17-,18+/m0/s1. The molecule has 1 aliphatic heterocycles.